The van der Waals surface area contributed by atoms with Crippen molar-refractivity contribution in [2.45, 2.75) is 64.6 Å². The van der Waals surface area contributed by atoms with Crippen molar-refractivity contribution in [2.75, 3.05) is 18.0 Å². The van der Waals surface area contributed by atoms with E-state index < -0.39 is 0 Å². The Morgan fingerprint density at radius 2 is 2.00 bits per heavy atom. The molecule has 0 radical (unpaired) electrons. The van der Waals surface area contributed by atoms with E-state index in [0.717, 1.165) is 48.1 Å². The lowest BCUT2D eigenvalue weighted by molar-refractivity contribution is 0.198. The van der Waals surface area contributed by atoms with Gasteiger partial charge in [0.05, 0.1) is 19.0 Å². The van der Waals surface area contributed by atoms with Crippen LogP contribution in [0.4, 0.5) is 5.82 Å². The number of nitrogens with zero attached hydrogens (tertiary/aromatic N) is 9. The van der Waals surface area contributed by atoms with Gasteiger partial charge in [-0.3, -0.25) is 0 Å². The van der Waals surface area contributed by atoms with E-state index >= 15 is 0 Å². The molecular formula is C19H27N9O. The second kappa shape index (κ2) is 6.72. The maximum atomic E-state index is 10.0. The largest absolute Gasteiger partial charge is 0.391 e. The highest BCUT2D eigenvalue weighted by Gasteiger charge is 2.29. The number of β-amino-alcohol motifs (C(OH)–C–C–N with tert-alkyl or cyclic N) is 1. The Balaban J connectivity index is 1.55. The van der Waals surface area contributed by atoms with Gasteiger partial charge in [0, 0.05) is 25.0 Å². The molecule has 154 valence electrons. The van der Waals surface area contributed by atoms with Crippen LogP contribution in [-0.2, 0) is 18.5 Å². The molecule has 1 unspecified atom stereocenters. The van der Waals surface area contributed by atoms with E-state index in [0.29, 0.717) is 19.0 Å². The smallest absolute Gasteiger partial charge is 0.171 e. The maximum absolute atomic E-state index is 10.0. The van der Waals surface area contributed by atoms with E-state index in [1.807, 2.05) is 9.25 Å². The number of hydrogen-bond acceptors (Lipinski definition) is 8. The molecule has 0 amide bonds. The van der Waals surface area contributed by atoms with E-state index in [1.54, 1.807) is 6.33 Å². The predicted molar refractivity (Wildman–Crippen MR) is 107 cm³/mol. The summed E-state index contributed by atoms with van der Waals surface area (Å²) in [7, 11) is 0. The minimum atomic E-state index is -0.327. The van der Waals surface area contributed by atoms with Crippen molar-refractivity contribution in [3.63, 3.8) is 0 Å². The van der Waals surface area contributed by atoms with E-state index in [2.05, 4.69) is 46.2 Å². The van der Waals surface area contributed by atoms with Crippen LogP contribution in [0, 0.1) is 5.92 Å². The van der Waals surface area contributed by atoms with Crippen LogP contribution in [0.15, 0.2) is 6.33 Å². The first-order valence-electron chi connectivity index (χ1n) is 10.3. The minimum absolute atomic E-state index is 0.204. The third kappa shape index (κ3) is 3.57. The Morgan fingerprint density at radius 1 is 1.17 bits per heavy atom. The minimum Gasteiger partial charge on any atom is -0.391 e. The summed E-state index contributed by atoms with van der Waals surface area (Å²) in [5.74, 6) is 3.07. The van der Waals surface area contributed by atoms with Crippen LogP contribution in [0.2, 0.25) is 0 Å². The zero-order valence-corrected chi connectivity index (χ0v) is 17.2. The van der Waals surface area contributed by atoms with E-state index in [-0.39, 0.29) is 11.5 Å². The Morgan fingerprint density at radius 3 is 2.69 bits per heavy atom. The topological polar surface area (TPSA) is 111 Å². The standard InChI is InChI=1S/C19H27N9O/c1-19(2,3)18-21-16(26-7-6-13(29)9-26)15-17(22-18)27(11-20-15)10-14-23-24-25-28(14)8-12-4-5-12/h11-13,29H,4-10H2,1-3H3. The summed E-state index contributed by atoms with van der Waals surface area (Å²) in [4.78, 5) is 16.5. The average Bonchev–Trinajstić information content (AvgIpc) is 3.02. The van der Waals surface area contributed by atoms with Crippen molar-refractivity contribution in [3.8, 4) is 0 Å². The summed E-state index contributed by atoms with van der Waals surface area (Å²) in [6, 6.07) is 0. The molecule has 5 rings (SSSR count). The predicted octanol–water partition coefficient (Wildman–Crippen LogP) is 1.14. The molecule has 1 aliphatic carbocycles. The molecule has 1 N–H and O–H groups in total. The fourth-order valence-corrected chi connectivity index (χ4v) is 3.71. The van der Waals surface area contributed by atoms with Gasteiger partial charge in [0.15, 0.2) is 22.8 Å². The van der Waals surface area contributed by atoms with Crippen molar-refractivity contribution in [3.05, 3.63) is 18.0 Å². The highest BCUT2D eigenvalue weighted by atomic mass is 16.3. The second-order valence-corrected chi connectivity index (χ2v) is 9.27. The fourth-order valence-electron chi connectivity index (χ4n) is 3.71. The number of aliphatic hydroxyl groups excluding tert-OH is 1. The monoisotopic (exact) mass is 397 g/mol. The molecular weight excluding hydrogens is 370 g/mol. The summed E-state index contributed by atoms with van der Waals surface area (Å²) in [5.41, 5.74) is 1.33. The lowest BCUT2D eigenvalue weighted by Gasteiger charge is -2.22. The van der Waals surface area contributed by atoms with Gasteiger partial charge in [-0.2, -0.15) is 0 Å². The Hall–Kier alpha value is -2.62. The molecule has 3 aromatic heterocycles. The second-order valence-electron chi connectivity index (χ2n) is 9.27. The zero-order chi connectivity index (χ0) is 20.2. The molecule has 3 aromatic rings. The lowest BCUT2D eigenvalue weighted by atomic mass is 9.96. The molecule has 1 atom stereocenters. The molecule has 1 saturated carbocycles. The number of imidazole rings is 1. The van der Waals surface area contributed by atoms with Gasteiger partial charge in [-0.15, -0.1) is 5.10 Å². The molecule has 2 aliphatic rings. The maximum Gasteiger partial charge on any atom is 0.171 e. The first kappa shape index (κ1) is 18.4. The number of aromatic nitrogens is 8. The Kier molecular flexibility index (Phi) is 4.27. The summed E-state index contributed by atoms with van der Waals surface area (Å²) < 4.78 is 3.89. The number of aliphatic hydroxyl groups is 1. The number of anilines is 1. The van der Waals surface area contributed by atoms with Crippen LogP contribution in [0.1, 0.15) is 51.7 Å². The molecule has 1 saturated heterocycles. The van der Waals surface area contributed by atoms with Gasteiger partial charge >= 0.3 is 0 Å². The van der Waals surface area contributed by atoms with Gasteiger partial charge in [0.1, 0.15) is 5.82 Å². The van der Waals surface area contributed by atoms with Gasteiger partial charge in [-0.25, -0.2) is 19.6 Å². The highest BCUT2D eigenvalue weighted by molar-refractivity contribution is 5.84. The molecule has 10 nitrogen and oxygen atoms in total. The van der Waals surface area contributed by atoms with E-state index in [9.17, 15) is 5.11 Å². The molecule has 0 aromatic carbocycles. The van der Waals surface area contributed by atoms with Gasteiger partial charge in [0.25, 0.3) is 0 Å². The average molecular weight is 397 g/mol. The summed E-state index contributed by atoms with van der Waals surface area (Å²) in [6.07, 6.45) is 4.71. The Bertz CT molecular complexity index is 1030. The van der Waals surface area contributed by atoms with Crippen LogP contribution in [0.25, 0.3) is 11.2 Å². The van der Waals surface area contributed by atoms with Crippen LogP contribution < -0.4 is 4.90 Å². The van der Waals surface area contributed by atoms with Crippen LogP contribution in [0.3, 0.4) is 0 Å². The van der Waals surface area contributed by atoms with Crippen molar-refractivity contribution in [1.29, 1.82) is 0 Å². The Labute approximate surface area is 169 Å². The molecule has 0 spiro atoms. The normalized spacial score (nSPS) is 20.1. The molecule has 0 bridgehead atoms. The molecule has 4 heterocycles. The number of rotatable bonds is 5. The molecule has 2 fully saturated rings. The van der Waals surface area contributed by atoms with Crippen molar-refractivity contribution >= 4 is 17.0 Å². The number of hydrogen-bond donors (Lipinski definition) is 1. The third-order valence-electron chi connectivity index (χ3n) is 5.63. The third-order valence-corrected chi connectivity index (χ3v) is 5.63. The molecule has 1 aliphatic heterocycles. The number of tetrazole rings is 1. The first-order chi connectivity index (χ1) is 13.9. The van der Waals surface area contributed by atoms with Crippen molar-refractivity contribution in [1.82, 2.24) is 39.7 Å². The van der Waals surface area contributed by atoms with Crippen LogP contribution in [0.5, 0.6) is 0 Å². The summed E-state index contributed by atoms with van der Waals surface area (Å²) in [6.45, 7) is 9.04. The first-order valence-corrected chi connectivity index (χ1v) is 10.3. The van der Waals surface area contributed by atoms with Crippen LogP contribution >= 0.6 is 0 Å². The number of fused-ring (bicyclic) bond motifs is 1. The van der Waals surface area contributed by atoms with Gasteiger partial charge < -0.3 is 14.6 Å². The fraction of sp³-hybridized carbons (Fsp3) is 0.684. The quantitative estimate of drug-likeness (QED) is 0.682. The van der Waals surface area contributed by atoms with Gasteiger partial charge in [0.2, 0.25) is 0 Å². The SMILES string of the molecule is CC(C)(C)c1nc(N2CCC(O)C2)c2ncn(Cc3nnnn3CC3CC3)c2n1. The van der Waals surface area contributed by atoms with E-state index in [4.69, 9.17) is 9.97 Å². The summed E-state index contributed by atoms with van der Waals surface area (Å²) in [5, 5.41) is 22.3. The van der Waals surface area contributed by atoms with Crippen molar-refractivity contribution < 1.29 is 5.11 Å². The van der Waals surface area contributed by atoms with Crippen LogP contribution in [-0.4, -0.2) is 64.0 Å². The summed E-state index contributed by atoms with van der Waals surface area (Å²) >= 11 is 0. The van der Waals surface area contributed by atoms with Crippen molar-refractivity contribution in [2.24, 2.45) is 5.92 Å². The van der Waals surface area contributed by atoms with Gasteiger partial charge in [-0.05, 0) is 35.6 Å². The zero-order valence-electron chi connectivity index (χ0n) is 17.2. The molecule has 29 heavy (non-hydrogen) atoms. The molecule has 10 heteroatoms. The lowest BCUT2D eigenvalue weighted by Crippen LogP contribution is -2.25. The highest BCUT2D eigenvalue weighted by Crippen LogP contribution is 2.31. The van der Waals surface area contributed by atoms with Gasteiger partial charge in [-0.1, -0.05) is 20.8 Å². The van der Waals surface area contributed by atoms with E-state index in [1.165, 1.54) is 12.8 Å².